The van der Waals surface area contributed by atoms with Crippen molar-refractivity contribution in [3.8, 4) is 0 Å². The summed E-state index contributed by atoms with van der Waals surface area (Å²) in [5, 5.41) is 2.06. The van der Waals surface area contributed by atoms with Crippen molar-refractivity contribution >= 4 is 17.0 Å². The van der Waals surface area contributed by atoms with Gasteiger partial charge in [0.2, 0.25) is 0 Å². The summed E-state index contributed by atoms with van der Waals surface area (Å²) in [4.78, 5) is 8.38. The molecule has 21 heavy (non-hydrogen) atoms. The van der Waals surface area contributed by atoms with Crippen LogP contribution in [0.4, 0.5) is 14.5 Å². The van der Waals surface area contributed by atoms with Crippen LogP contribution in [0.1, 0.15) is 5.69 Å². The van der Waals surface area contributed by atoms with E-state index in [9.17, 15) is 8.78 Å². The third-order valence-corrected chi connectivity index (χ3v) is 4.43. The van der Waals surface area contributed by atoms with Gasteiger partial charge in [-0.3, -0.25) is 4.90 Å². The summed E-state index contributed by atoms with van der Waals surface area (Å²) in [7, 11) is 0. The van der Waals surface area contributed by atoms with E-state index in [0.29, 0.717) is 13.1 Å². The third-order valence-electron chi connectivity index (χ3n) is 3.79. The van der Waals surface area contributed by atoms with Crippen molar-refractivity contribution in [2.24, 2.45) is 0 Å². The van der Waals surface area contributed by atoms with E-state index in [2.05, 4.69) is 15.3 Å². The normalized spacial score (nSPS) is 16.4. The second-order valence-electron chi connectivity index (χ2n) is 5.13. The standard InChI is InChI=1S/C15H17F2N3S/c16-13-2-1-3-14(17)15(13)20-8-6-19(7-9-20)5-4-12-10-21-11-18-12/h1-3,10-11H,4-9H2. The van der Waals surface area contributed by atoms with Crippen LogP contribution < -0.4 is 4.90 Å². The Balaban J connectivity index is 1.55. The average Bonchev–Trinajstić information content (AvgIpc) is 2.99. The van der Waals surface area contributed by atoms with Gasteiger partial charge in [0.25, 0.3) is 0 Å². The van der Waals surface area contributed by atoms with Gasteiger partial charge < -0.3 is 4.90 Å². The Bertz CT molecular complexity index is 560. The van der Waals surface area contributed by atoms with Gasteiger partial charge in [-0.2, -0.15) is 0 Å². The predicted octanol–water partition coefficient (Wildman–Crippen LogP) is 2.79. The Hall–Kier alpha value is -1.53. The molecule has 1 fully saturated rings. The zero-order valence-corrected chi connectivity index (χ0v) is 12.5. The molecule has 0 atom stereocenters. The fraction of sp³-hybridized carbons (Fsp3) is 0.400. The number of hydrogen-bond acceptors (Lipinski definition) is 4. The minimum atomic E-state index is -0.481. The van der Waals surface area contributed by atoms with Gasteiger partial charge in [-0.05, 0) is 12.1 Å². The number of hydrogen-bond donors (Lipinski definition) is 0. The number of rotatable bonds is 4. The average molecular weight is 309 g/mol. The summed E-state index contributed by atoms with van der Waals surface area (Å²) in [6, 6.07) is 4.03. The molecule has 0 unspecified atom stereocenters. The van der Waals surface area contributed by atoms with Gasteiger partial charge in [-0.25, -0.2) is 13.8 Å². The molecule has 1 aliphatic rings. The van der Waals surface area contributed by atoms with Crippen molar-refractivity contribution < 1.29 is 8.78 Å². The van der Waals surface area contributed by atoms with Gasteiger partial charge in [0.1, 0.15) is 17.3 Å². The second-order valence-corrected chi connectivity index (χ2v) is 5.85. The maximum atomic E-state index is 13.8. The van der Waals surface area contributed by atoms with Crippen LogP contribution >= 0.6 is 11.3 Å². The third kappa shape index (κ3) is 3.39. The van der Waals surface area contributed by atoms with E-state index in [1.165, 1.54) is 18.2 Å². The lowest BCUT2D eigenvalue weighted by molar-refractivity contribution is 0.259. The maximum absolute atomic E-state index is 13.8. The highest BCUT2D eigenvalue weighted by Gasteiger charge is 2.21. The molecule has 6 heteroatoms. The van der Waals surface area contributed by atoms with Crippen molar-refractivity contribution in [3.05, 3.63) is 46.4 Å². The van der Waals surface area contributed by atoms with Crippen LogP contribution in [-0.2, 0) is 6.42 Å². The highest BCUT2D eigenvalue weighted by molar-refractivity contribution is 7.07. The van der Waals surface area contributed by atoms with E-state index < -0.39 is 11.6 Å². The van der Waals surface area contributed by atoms with E-state index in [1.54, 1.807) is 16.2 Å². The molecule has 0 aliphatic carbocycles. The van der Waals surface area contributed by atoms with Crippen LogP contribution in [-0.4, -0.2) is 42.6 Å². The van der Waals surface area contributed by atoms with Gasteiger partial charge in [0, 0.05) is 44.5 Å². The Morgan fingerprint density at radius 3 is 2.43 bits per heavy atom. The van der Waals surface area contributed by atoms with Gasteiger partial charge in [-0.1, -0.05) is 6.07 Å². The quantitative estimate of drug-likeness (QED) is 0.866. The van der Waals surface area contributed by atoms with Crippen molar-refractivity contribution in [2.45, 2.75) is 6.42 Å². The molecule has 1 saturated heterocycles. The zero-order valence-electron chi connectivity index (χ0n) is 11.6. The SMILES string of the molecule is Fc1cccc(F)c1N1CCN(CCc2cscn2)CC1. The van der Waals surface area contributed by atoms with Crippen LogP contribution in [0.15, 0.2) is 29.1 Å². The number of para-hydroxylation sites is 1. The summed E-state index contributed by atoms with van der Waals surface area (Å²) in [6.45, 7) is 3.87. The minimum Gasteiger partial charge on any atom is -0.364 e. The lowest BCUT2D eigenvalue weighted by atomic mass is 10.2. The van der Waals surface area contributed by atoms with Crippen molar-refractivity contribution in [1.29, 1.82) is 0 Å². The fourth-order valence-corrected chi connectivity index (χ4v) is 3.21. The number of aromatic nitrogens is 1. The highest BCUT2D eigenvalue weighted by Crippen LogP contribution is 2.24. The highest BCUT2D eigenvalue weighted by atomic mass is 32.1. The van der Waals surface area contributed by atoms with Crippen LogP contribution in [0.5, 0.6) is 0 Å². The summed E-state index contributed by atoms with van der Waals surface area (Å²) in [6.07, 6.45) is 0.928. The molecule has 0 spiro atoms. The number of thiazole rings is 1. The Kier molecular flexibility index (Phi) is 4.45. The fourth-order valence-electron chi connectivity index (χ4n) is 2.62. The Labute approximate surface area is 126 Å². The Morgan fingerprint density at radius 1 is 1.10 bits per heavy atom. The largest absolute Gasteiger partial charge is 0.364 e. The molecule has 1 aromatic carbocycles. The Morgan fingerprint density at radius 2 is 1.81 bits per heavy atom. The summed E-state index contributed by atoms with van der Waals surface area (Å²) >= 11 is 1.61. The maximum Gasteiger partial charge on any atom is 0.149 e. The summed E-state index contributed by atoms with van der Waals surface area (Å²) in [5.41, 5.74) is 3.06. The minimum absolute atomic E-state index is 0.108. The first-order chi connectivity index (χ1) is 10.2. The molecule has 1 aromatic heterocycles. The molecule has 1 aliphatic heterocycles. The molecule has 0 radical (unpaired) electrons. The number of nitrogens with zero attached hydrogens (tertiary/aromatic N) is 3. The molecular weight excluding hydrogens is 292 g/mol. The smallest absolute Gasteiger partial charge is 0.149 e. The van der Waals surface area contributed by atoms with Crippen molar-refractivity contribution in [1.82, 2.24) is 9.88 Å². The molecule has 2 aromatic rings. The lowest BCUT2D eigenvalue weighted by Gasteiger charge is -2.36. The first-order valence-corrected chi connectivity index (χ1v) is 7.96. The van der Waals surface area contributed by atoms with E-state index in [1.807, 2.05) is 5.51 Å². The molecule has 0 amide bonds. The molecule has 3 nitrogen and oxygen atoms in total. The molecule has 0 N–H and O–H groups in total. The van der Waals surface area contributed by atoms with Gasteiger partial charge >= 0.3 is 0 Å². The second kappa shape index (κ2) is 6.49. The number of benzene rings is 1. The van der Waals surface area contributed by atoms with Crippen LogP contribution in [0.3, 0.4) is 0 Å². The first-order valence-electron chi connectivity index (χ1n) is 7.02. The first kappa shape index (κ1) is 14.4. The van der Waals surface area contributed by atoms with Gasteiger partial charge in [-0.15, -0.1) is 11.3 Å². The topological polar surface area (TPSA) is 19.4 Å². The molecule has 3 rings (SSSR count). The lowest BCUT2D eigenvalue weighted by Crippen LogP contribution is -2.47. The predicted molar refractivity (Wildman–Crippen MR) is 80.8 cm³/mol. The molecule has 2 heterocycles. The number of piperazine rings is 1. The number of halogens is 2. The van der Waals surface area contributed by atoms with Gasteiger partial charge in [0.05, 0.1) is 11.2 Å². The zero-order chi connectivity index (χ0) is 14.7. The van der Waals surface area contributed by atoms with E-state index >= 15 is 0 Å². The molecule has 112 valence electrons. The molecular formula is C15H17F2N3S. The van der Waals surface area contributed by atoms with E-state index in [-0.39, 0.29) is 5.69 Å². The van der Waals surface area contributed by atoms with Crippen LogP contribution in [0, 0.1) is 11.6 Å². The van der Waals surface area contributed by atoms with E-state index in [0.717, 1.165) is 31.7 Å². The molecule has 0 saturated carbocycles. The summed E-state index contributed by atoms with van der Waals surface area (Å²) in [5.74, 6) is -0.961. The monoisotopic (exact) mass is 309 g/mol. The number of anilines is 1. The molecule has 0 bridgehead atoms. The van der Waals surface area contributed by atoms with Crippen molar-refractivity contribution in [3.63, 3.8) is 0 Å². The summed E-state index contributed by atoms with van der Waals surface area (Å²) < 4.78 is 27.5. The van der Waals surface area contributed by atoms with Gasteiger partial charge in [0.15, 0.2) is 0 Å². The van der Waals surface area contributed by atoms with Crippen LogP contribution in [0.25, 0.3) is 0 Å². The van der Waals surface area contributed by atoms with Crippen LogP contribution in [0.2, 0.25) is 0 Å². The van der Waals surface area contributed by atoms with Crippen molar-refractivity contribution in [2.75, 3.05) is 37.6 Å². The van der Waals surface area contributed by atoms with E-state index in [4.69, 9.17) is 0 Å².